The van der Waals surface area contributed by atoms with Gasteiger partial charge in [-0.1, -0.05) is 0 Å². The second kappa shape index (κ2) is 8.95. The van der Waals surface area contributed by atoms with Gasteiger partial charge in [-0.2, -0.15) is 8.62 Å². The summed E-state index contributed by atoms with van der Waals surface area (Å²) in [6.07, 6.45) is -5.13. The molecule has 3 rings (SSSR count). The fourth-order valence-electron chi connectivity index (χ4n) is 3.05. The number of nitrogens with zero attached hydrogens (tertiary/aromatic N) is 3. The van der Waals surface area contributed by atoms with Crippen LogP contribution in [0.5, 0.6) is 0 Å². The standard InChI is InChI=1S/C10H20N5O13P3/c11-8-5-9(13-2-12-8)15(3-14-5)10-7(17)6(16)4(26-10)1-25-30(21,22)28-31(23,24)27-29(18,19)20/h2,4-8,10,14,16-17H,1,3,11H2,(H,21,22)(H,23,24)(H2,18,19,20)/t4-,5?,6-,7-,8?,10-/m1/s1. The molecule has 2 fully saturated rings. The summed E-state index contributed by atoms with van der Waals surface area (Å²) in [4.78, 5) is 45.1. The highest BCUT2D eigenvalue weighted by Crippen LogP contribution is 2.66. The molecule has 0 aromatic heterocycles. The van der Waals surface area contributed by atoms with E-state index in [1.54, 1.807) is 0 Å². The maximum Gasteiger partial charge on any atom is 0.490 e. The lowest BCUT2D eigenvalue weighted by molar-refractivity contribution is -0.0687. The molecule has 0 amide bonds. The molecule has 3 aliphatic rings. The van der Waals surface area contributed by atoms with Gasteiger partial charge in [-0.05, 0) is 0 Å². The van der Waals surface area contributed by atoms with Crippen molar-refractivity contribution in [3.05, 3.63) is 0 Å². The lowest BCUT2D eigenvalue weighted by Crippen LogP contribution is -2.50. The number of rotatable bonds is 8. The normalized spacial score (nSPS) is 37.3. The van der Waals surface area contributed by atoms with Gasteiger partial charge in [0.15, 0.2) is 6.23 Å². The molecule has 21 heteroatoms. The van der Waals surface area contributed by atoms with Gasteiger partial charge in [0.2, 0.25) is 0 Å². The van der Waals surface area contributed by atoms with Crippen molar-refractivity contribution in [3.8, 4) is 0 Å². The highest BCUT2D eigenvalue weighted by atomic mass is 31.3. The number of amidine groups is 1. The van der Waals surface area contributed by atoms with E-state index in [9.17, 15) is 28.8 Å². The van der Waals surface area contributed by atoms with Gasteiger partial charge in [0.1, 0.15) is 42.7 Å². The van der Waals surface area contributed by atoms with E-state index in [4.69, 9.17) is 25.2 Å². The van der Waals surface area contributed by atoms with E-state index in [0.717, 1.165) is 0 Å². The SMILES string of the molecule is NC1N=CN=C2C1NCN2[C@@H]1O[C@H](COP(=O)(O)OP(=O)(O)OP(=O)(O)O)[C@@H](O)[C@H]1O. The molecular formula is C10H20N5O13P3. The third-order valence-corrected chi connectivity index (χ3v) is 8.09. The van der Waals surface area contributed by atoms with Gasteiger partial charge < -0.3 is 45.2 Å². The van der Waals surface area contributed by atoms with Crippen LogP contribution in [-0.4, -0.2) is 96.9 Å². The largest absolute Gasteiger partial charge is 0.490 e. The zero-order valence-electron chi connectivity index (χ0n) is 15.3. The second-order valence-electron chi connectivity index (χ2n) is 6.49. The van der Waals surface area contributed by atoms with Crippen LogP contribution in [0.4, 0.5) is 0 Å². The molecule has 3 heterocycles. The number of ether oxygens (including phenoxy) is 1. The van der Waals surface area contributed by atoms with Gasteiger partial charge in [0.05, 0.1) is 13.3 Å². The van der Waals surface area contributed by atoms with Crippen LogP contribution in [0.2, 0.25) is 0 Å². The van der Waals surface area contributed by atoms with Crippen LogP contribution >= 0.6 is 23.5 Å². The molecule has 0 aliphatic carbocycles. The van der Waals surface area contributed by atoms with Crippen molar-refractivity contribution in [2.24, 2.45) is 15.7 Å². The molecule has 0 radical (unpaired) electrons. The Labute approximate surface area is 173 Å². The van der Waals surface area contributed by atoms with Gasteiger partial charge in [0.25, 0.3) is 0 Å². The summed E-state index contributed by atoms with van der Waals surface area (Å²) in [5.74, 6) is 0.382. The van der Waals surface area contributed by atoms with Crippen molar-refractivity contribution in [2.75, 3.05) is 13.3 Å². The Morgan fingerprint density at radius 1 is 1.16 bits per heavy atom. The van der Waals surface area contributed by atoms with Crippen molar-refractivity contribution in [2.45, 2.75) is 36.7 Å². The zero-order chi connectivity index (χ0) is 23.2. The Balaban J connectivity index is 1.61. The van der Waals surface area contributed by atoms with Crippen LogP contribution in [0.1, 0.15) is 0 Å². The minimum atomic E-state index is -5.69. The molecule has 0 aromatic rings. The molecule has 4 unspecified atom stereocenters. The fourth-order valence-corrected chi connectivity index (χ4v) is 6.08. The van der Waals surface area contributed by atoms with Crippen LogP contribution in [0, 0.1) is 0 Å². The number of fused-ring (bicyclic) bond motifs is 1. The summed E-state index contributed by atoms with van der Waals surface area (Å²) < 4.78 is 50.8. The first-order valence-corrected chi connectivity index (χ1v) is 12.9. The predicted octanol–water partition coefficient (Wildman–Crippen LogP) is -3.27. The predicted molar refractivity (Wildman–Crippen MR) is 98.0 cm³/mol. The molecule has 18 nitrogen and oxygen atoms in total. The highest BCUT2D eigenvalue weighted by molar-refractivity contribution is 7.66. The van der Waals surface area contributed by atoms with Crippen molar-refractivity contribution in [1.82, 2.24) is 10.2 Å². The van der Waals surface area contributed by atoms with Gasteiger partial charge >= 0.3 is 23.5 Å². The van der Waals surface area contributed by atoms with Crippen molar-refractivity contribution in [3.63, 3.8) is 0 Å². The first-order chi connectivity index (χ1) is 14.2. The summed E-state index contributed by atoms with van der Waals surface area (Å²) in [5, 5.41) is 23.5. The van der Waals surface area contributed by atoms with E-state index in [1.807, 2.05) is 0 Å². The number of aliphatic hydroxyl groups excluding tert-OH is 2. The zero-order valence-corrected chi connectivity index (χ0v) is 17.9. The Kier molecular flexibility index (Phi) is 7.21. The molecule has 178 valence electrons. The first kappa shape index (κ1) is 25.0. The summed E-state index contributed by atoms with van der Waals surface area (Å²) >= 11 is 0. The molecule has 0 spiro atoms. The molecule has 31 heavy (non-hydrogen) atoms. The number of hydrogen-bond donors (Lipinski definition) is 8. The van der Waals surface area contributed by atoms with Gasteiger partial charge in [-0.25, -0.2) is 18.7 Å². The number of phosphoric ester groups is 1. The maximum absolute atomic E-state index is 11.8. The smallest absolute Gasteiger partial charge is 0.387 e. The van der Waals surface area contributed by atoms with Crippen LogP contribution in [0.15, 0.2) is 9.98 Å². The monoisotopic (exact) mass is 511 g/mol. The average molecular weight is 511 g/mol. The van der Waals surface area contributed by atoms with Crippen LogP contribution in [0.3, 0.4) is 0 Å². The van der Waals surface area contributed by atoms with Gasteiger partial charge in [-0.15, -0.1) is 0 Å². The lowest BCUT2D eigenvalue weighted by atomic mass is 10.1. The number of nitrogens with one attached hydrogen (secondary N) is 1. The molecule has 0 aromatic carbocycles. The highest BCUT2D eigenvalue weighted by Gasteiger charge is 2.50. The van der Waals surface area contributed by atoms with Gasteiger partial charge in [0, 0.05) is 0 Å². The van der Waals surface area contributed by atoms with E-state index in [1.165, 1.54) is 11.2 Å². The second-order valence-corrected chi connectivity index (χ2v) is 10.9. The Morgan fingerprint density at radius 2 is 1.84 bits per heavy atom. The van der Waals surface area contributed by atoms with Crippen molar-refractivity contribution >= 4 is 35.6 Å². The number of aliphatic imine (C=N–C) groups is 2. The summed E-state index contributed by atoms with van der Waals surface area (Å²) in [6, 6.07) is -0.466. The third kappa shape index (κ3) is 6.03. The molecule has 8 atom stereocenters. The maximum atomic E-state index is 11.8. The Bertz CT molecular complexity index is 895. The molecule has 9 N–H and O–H groups in total. The van der Waals surface area contributed by atoms with Crippen LogP contribution < -0.4 is 11.1 Å². The fraction of sp³-hybridized carbons (Fsp3) is 0.800. The van der Waals surface area contributed by atoms with Gasteiger partial charge in [-0.3, -0.25) is 14.8 Å². The number of phosphoric acid groups is 3. The Morgan fingerprint density at radius 3 is 2.48 bits per heavy atom. The minimum Gasteiger partial charge on any atom is -0.387 e. The van der Waals surface area contributed by atoms with E-state index in [0.29, 0.717) is 5.84 Å². The van der Waals surface area contributed by atoms with E-state index < -0.39 is 66.8 Å². The average Bonchev–Trinajstić information content (AvgIpc) is 3.13. The Hall–Kier alpha value is -0.650. The minimum absolute atomic E-state index is 0.123. The molecule has 0 bridgehead atoms. The molecule has 2 saturated heterocycles. The molecule has 0 saturated carbocycles. The summed E-state index contributed by atoms with van der Waals surface area (Å²) in [6.45, 7) is -0.797. The van der Waals surface area contributed by atoms with Crippen molar-refractivity contribution in [1.29, 1.82) is 0 Å². The summed E-state index contributed by atoms with van der Waals surface area (Å²) in [7, 11) is -16.6. The van der Waals surface area contributed by atoms with E-state index >= 15 is 0 Å². The van der Waals surface area contributed by atoms with Crippen LogP contribution in [-0.2, 0) is 31.6 Å². The summed E-state index contributed by atoms with van der Waals surface area (Å²) in [5.41, 5.74) is 5.84. The van der Waals surface area contributed by atoms with Crippen molar-refractivity contribution < 1.29 is 61.4 Å². The quantitative estimate of drug-likeness (QED) is 0.148. The number of aliphatic hydroxyl groups is 2. The lowest BCUT2D eigenvalue weighted by Gasteiger charge is -2.29. The third-order valence-electron chi connectivity index (χ3n) is 4.29. The van der Waals surface area contributed by atoms with Crippen LogP contribution in [0.25, 0.3) is 0 Å². The number of nitrogens with two attached hydrogens (primary N) is 1. The number of hydrogen-bond acceptors (Lipinski definition) is 14. The molecule has 3 aliphatic heterocycles. The van der Waals surface area contributed by atoms with E-state index in [2.05, 4.69) is 28.4 Å². The molecular weight excluding hydrogens is 491 g/mol. The van der Waals surface area contributed by atoms with E-state index in [-0.39, 0.29) is 6.67 Å². The first-order valence-electron chi connectivity index (χ1n) is 8.34. The topological polar surface area (TPSA) is 276 Å².